The molecule has 6 heteroatoms. The Balaban J connectivity index is 1.87. The Morgan fingerprint density at radius 1 is 1.26 bits per heavy atom. The van der Waals surface area contributed by atoms with E-state index in [4.69, 9.17) is 14.0 Å². The van der Waals surface area contributed by atoms with Gasteiger partial charge in [-0.2, -0.15) is 4.98 Å². The summed E-state index contributed by atoms with van der Waals surface area (Å²) < 4.78 is 16.6. The van der Waals surface area contributed by atoms with Gasteiger partial charge in [0, 0.05) is 39.7 Å². The predicted molar refractivity (Wildman–Crippen MR) is 67.9 cm³/mol. The summed E-state index contributed by atoms with van der Waals surface area (Å²) in [6, 6.07) is 0. The van der Waals surface area contributed by atoms with Gasteiger partial charge in [0.15, 0.2) is 0 Å². The summed E-state index contributed by atoms with van der Waals surface area (Å²) >= 11 is 0. The van der Waals surface area contributed by atoms with E-state index in [0.29, 0.717) is 19.0 Å². The maximum absolute atomic E-state index is 5.69. The van der Waals surface area contributed by atoms with Crippen LogP contribution in [-0.2, 0) is 20.5 Å². The van der Waals surface area contributed by atoms with Crippen LogP contribution in [0.3, 0.4) is 0 Å². The maximum atomic E-state index is 5.69. The standard InChI is InChI=1S/C13H21N3O3/c1-12(3-6-14-9-12)11-15-10(16-19-11)13(17-2)4-7-18-8-5-13/h14H,3-9H2,1-2H3. The molecule has 3 rings (SSSR count). The molecule has 0 aromatic carbocycles. The molecule has 0 saturated carbocycles. The van der Waals surface area contributed by atoms with E-state index in [1.54, 1.807) is 7.11 Å². The number of hydrogen-bond donors (Lipinski definition) is 1. The number of ether oxygens (including phenoxy) is 2. The Bertz CT molecular complexity index is 434. The van der Waals surface area contributed by atoms with Crippen LogP contribution in [0.25, 0.3) is 0 Å². The normalized spacial score (nSPS) is 30.6. The van der Waals surface area contributed by atoms with Crippen molar-refractivity contribution >= 4 is 0 Å². The smallest absolute Gasteiger partial charge is 0.234 e. The lowest BCUT2D eigenvalue weighted by Crippen LogP contribution is -2.37. The van der Waals surface area contributed by atoms with E-state index >= 15 is 0 Å². The Morgan fingerprint density at radius 2 is 2.05 bits per heavy atom. The second kappa shape index (κ2) is 4.85. The highest BCUT2D eigenvalue weighted by atomic mass is 16.5. The van der Waals surface area contributed by atoms with Gasteiger partial charge in [0.05, 0.1) is 5.41 Å². The minimum Gasteiger partial charge on any atom is -0.381 e. The molecule has 0 aliphatic carbocycles. The zero-order valence-corrected chi connectivity index (χ0v) is 11.6. The van der Waals surface area contributed by atoms with Crippen LogP contribution in [-0.4, -0.2) is 43.6 Å². The zero-order valence-electron chi connectivity index (χ0n) is 11.6. The van der Waals surface area contributed by atoms with Crippen molar-refractivity contribution in [3.05, 3.63) is 11.7 Å². The van der Waals surface area contributed by atoms with Crippen molar-refractivity contribution in [3.8, 4) is 0 Å². The van der Waals surface area contributed by atoms with E-state index in [9.17, 15) is 0 Å². The van der Waals surface area contributed by atoms with Gasteiger partial charge in [0.1, 0.15) is 5.60 Å². The van der Waals surface area contributed by atoms with Crippen molar-refractivity contribution in [2.45, 2.75) is 37.2 Å². The van der Waals surface area contributed by atoms with Gasteiger partial charge in [-0.1, -0.05) is 5.16 Å². The first kappa shape index (κ1) is 13.0. The van der Waals surface area contributed by atoms with E-state index < -0.39 is 5.60 Å². The quantitative estimate of drug-likeness (QED) is 0.880. The van der Waals surface area contributed by atoms with E-state index in [-0.39, 0.29) is 5.41 Å². The molecule has 2 aliphatic heterocycles. The third-order valence-electron chi connectivity index (χ3n) is 4.41. The highest BCUT2D eigenvalue weighted by Crippen LogP contribution is 2.36. The minimum absolute atomic E-state index is 0.0502. The van der Waals surface area contributed by atoms with E-state index in [1.807, 2.05) is 0 Å². The summed E-state index contributed by atoms with van der Waals surface area (Å²) in [5.74, 6) is 1.39. The van der Waals surface area contributed by atoms with Gasteiger partial charge in [-0.3, -0.25) is 0 Å². The Morgan fingerprint density at radius 3 is 2.68 bits per heavy atom. The highest BCUT2D eigenvalue weighted by molar-refractivity contribution is 5.11. The molecular formula is C13H21N3O3. The molecule has 19 heavy (non-hydrogen) atoms. The van der Waals surface area contributed by atoms with Gasteiger partial charge >= 0.3 is 0 Å². The number of aromatic nitrogens is 2. The molecule has 1 unspecified atom stereocenters. The summed E-state index contributed by atoms with van der Waals surface area (Å²) in [6.07, 6.45) is 2.58. The summed E-state index contributed by atoms with van der Waals surface area (Å²) in [5.41, 5.74) is -0.492. The summed E-state index contributed by atoms with van der Waals surface area (Å²) in [7, 11) is 1.71. The van der Waals surface area contributed by atoms with Crippen LogP contribution in [0.4, 0.5) is 0 Å². The lowest BCUT2D eigenvalue weighted by molar-refractivity contribution is -0.101. The van der Waals surface area contributed by atoms with Gasteiger partial charge in [-0.25, -0.2) is 0 Å². The monoisotopic (exact) mass is 267 g/mol. The van der Waals surface area contributed by atoms with Gasteiger partial charge in [-0.15, -0.1) is 0 Å². The molecule has 0 spiro atoms. The SMILES string of the molecule is COC1(c2noc(C3(C)CCNC3)n2)CCOCC1. The zero-order chi connectivity index (χ0) is 13.3. The molecule has 3 heterocycles. The van der Waals surface area contributed by atoms with E-state index in [2.05, 4.69) is 22.4 Å². The van der Waals surface area contributed by atoms with Crippen LogP contribution >= 0.6 is 0 Å². The minimum atomic E-state index is -0.442. The average Bonchev–Trinajstić information content (AvgIpc) is 3.09. The van der Waals surface area contributed by atoms with Crippen molar-refractivity contribution < 1.29 is 14.0 Å². The summed E-state index contributed by atoms with van der Waals surface area (Å²) in [5, 5.41) is 7.52. The van der Waals surface area contributed by atoms with Crippen molar-refractivity contribution in [3.63, 3.8) is 0 Å². The Hall–Kier alpha value is -0.980. The Labute approximate surface area is 112 Å². The van der Waals surface area contributed by atoms with Crippen LogP contribution in [0.1, 0.15) is 37.9 Å². The highest BCUT2D eigenvalue weighted by Gasteiger charge is 2.42. The van der Waals surface area contributed by atoms with E-state index in [0.717, 1.165) is 38.2 Å². The number of nitrogens with one attached hydrogen (secondary N) is 1. The number of rotatable bonds is 3. The van der Waals surface area contributed by atoms with Crippen LogP contribution in [0.5, 0.6) is 0 Å². The summed E-state index contributed by atoms with van der Waals surface area (Å²) in [6.45, 7) is 5.40. The predicted octanol–water partition coefficient (Wildman–Crippen LogP) is 0.973. The molecule has 1 N–H and O–H groups in total. The van der Waals surface area contributed by atoms with Crippen molar-refractivity contribution in [1.29, 1.82) is 0 Å². The third-order valence-corrected chi connectivity index (χ3v) is 4.41. The molecule has 0 bridgehead atoms. The lowest BCUT2D eigenvalue weighted by Gasteiger charge is -2.32. The Kier molecular flexibility index (Phi) is 3.32. The molecule has 2 fully saturated rings. The third kappa shape index (κ3) is 2.17. The molecule has 1 aromatic rings. The van der Waals surface area contributed by atoms with Crippen LogP contribution < -0.4 is 5.32 Å². The largest absolute Gasteiger partial charge is 0.381 e. The van der Waals surface area contributed by atoms with Crippen LogP contribution in [0.15, 0.2) is 4.52 Å². The number of hydrogen-bond acceptors (Lipinski definition) is 6. The van der Waals surface area contributed by atoms with E-state index in [1.165, 1.54) is 0 Å². The van der Waals surface area contributed by atoms with Crippen molar-refractivity contribution in [1.82, 2.24) is 15.5 Å². The molecule has 0 radical (unpaired) electrons. The van der Waals surface area contributed by atoms with Gasteiger partial charge < -0.3 is 19.3 Å². The molecule has 1 atom stereocenters. The maximum Gasteiger partial charge on any atom is 0.234 e. The first-order valence-corrected chi connectivity index (χ1v) is 6.87. The number of methoxy groups -OCH3 is 1. The fourth-order valence-corrected chi connectivity index (χ4v) is 2.87. The second-order valence-corrected chi connectivity index (χ2v) is 5.72. The first-order chi connectivity index (χ1) is 9.19. The van der Waals surface area contributed by atoms with Crippen molar-refractivity contribution in [2.75, 3.05) is 33.4 Å². The van der Waals surface area contributed by atoms with Gasteiger partial charge in [0.25, 0.3) is 0 Å². The first-order valence-electron chi connectivity index (χ1n) is 6.87. The fourth-order valence-electron chi connectivity index (χ4n) is 2.87. The molecule has 2 aliphatic rings. The topological polar surface area (TPSA) is 69.4 Å². The molecule has 1 aromatic heterocycles. The fraction of sp³-hybridized carbons (Fsp3) is 0.846. The second-order valence-electron chi connectivity index (χ2n) is 5.72. The lowest BCUT2D eigenvalue weighted by atomic mass is 9.89. The summed E-state index contributed by atoms with van der Waals surface area (Å²) in [4.78, 5) is 4.63. The average molecular weight is 267 g/mol. The molecule has 106 valence electrons. The molecule has 6 nitrogen and oxygen atoms in total. The number of nitrogens with zero attached hydrogens (tertiary/aromatic N) is 2. The molecule has 2 saturated heterocycles. The van der Waals surface area contributed by atoms with Gasteiger partial charge in [0.2, 0.25) is 11.7 Å². The molecule has 0 amide bonds. The van der Waals surface area contributed by atoms with Crippen molar-refractivity contribution in [2.24, 2.45) is 0 Å². The molecular weight excluding hydrogens is 246 g/mol. The van der Waals surface area contributed by atoms with Crippen LogP contribution in [0, 0.1) is 0 Å². The van der Waals surface area contributed by atoms with Crippen LogP contribution in [0.2, 0.25) is 0 Å². The van der Waals surface area contributed by atoms with Gasteiger partial charge in [-0.05, 0) is 19.9 Å².